The van der Waals surface area contributed by atoms with Crippen LogP contribution >= 0.6 is 0 Å². The lowest BCUT2D eigenvalue weighted by Gasteiger charge is -2.29. The largest absolute Gasteiger partial charge is 0.496 e. The van der Waals surface area contributed by atoms with Crippen LogP contribution < -0.4 is 14.8 Å². The molecule has 0 saturated carbocycles. The van der Waals surface area contributed by atoms with Gasteiger partial charge in [-0.15, -0.1) is 0 Å². The molecule has 1 aliphatic heterocycles. The second-order valence-electron chi connectivity index (χ2n) is 6.17. The van der Waals surface area contributed by atoms with Crippen LogP contribution in [0, 0.1) is 0 Å². The maximum absolute atomic E-state index is 5.85. The minimum atomic E-state index is 0.476. The number of ether oxygens (including phenoxy) is 2. The topological polar surface area (TPSA) is 30.5 Å². The molecule has 1 heterocycles. The minimum absolute atomic E-state index is 0.476. The molecule has 22 heavy (non-hydrogen) atoms. The molecule has 1 N–H and O–H groups in total. The van der Waals surface area contributed by atoms with E-state index in [0.717, 1.165) is 37.5 Å². The van der Waals surface area contributed by atoms with Crippen LogP contribution in [0.5, 0.6) is 11.5 Å². The zero-order valence-electron chi connectivity index (χ0n) is 12.8. The van der Waals surface area contributed by atoms with Gasteiger partial charge in [0.15, 0.2) is 0 Å². The van der Waals surface area contributed by atoms with Gasteiger partial charge in [-0.2, -0.15) is 0 Å². The Kier molecular flexibility index (Phi) is 3.51. The van der Waals surface area contributed by atoms with Crippen molar-refractivity contribution < 1.29 is 9.47 Å². The minimum Gasteiger partial charge on any atom is -0.496 e. The SMILES string of the molecule is COc1ccc2c3c1C[C@H](NCc1ccccc1)C[C@@H]3CO2. The highest BCUT2D eigenvalue weighted by Crippen LogP contribution is 2.46. The van der Waals surface area contributed by atoms with Crippen LogP contribution in [0.2, 0.25) is 0 Å². The Hall–Kier alpha value is -2.00. The number of nitrogens with one attached hydrogen (secondary N) is 1. The molecule has 2 aromatic rings. The molecular formula is C19H21NO2. The monoisotopic (exact) mass is 295 g/mol. The number of hydrogen-bond acceptors (Lipinski definition) is 3. The summed E-state index contributed by atoms with van der Waals surface area (Å²) in [5.41, 5.74) is 4.05. The van der Waals surface area contributed by atoms with Crippen molar-refractivity contribution in [2.24, 2.45) is 0 Å². The van der Waals surface area contributed by atoms with E-state index in [1.807, 2.05) is 6.07 Å². The van der Waals surface area contributed by atoms with Crippen molar-refractivity contribution in [1.29, 1.82) is 0 Å². The van der Waals surface area contributed by atoms with Crippen molar-refractivity contribution in [3.63, 3.8) is 0 Å². The molecule has 0 saturated heterocycles. The van der Waals surface area contributed by atoms with Gasteiger partial charge in [0.05, 0.1) is 13.7 Å². The molecule has 2 atom stereocenters. The standard InChI is InChI=1S/C19H21NO2/c1-21-17-7-8-18-19-14(12-22-18)9-15(10-16(17)19)20-11-13-5-3-2-4-6-13/h2-8,14-15,20H,9-12H2,1H3/t14-,15-/m1/s1. The molecule has 114 valence electrons. The number of benzene rings is 2. The Bertz CT molecular complexity index is 669. The van der Waals surface area contributed by atoms with Crippen LogP contribution in [0.25, 0.3) is 0 Å². The van der Waals surface area contributed by atoms with Crippen LogP contribution in [-0.2, 0) is 13.0 Å². The van der Waals surface area contributed by atoms with Gasteiger partial charge in [0.25, 0.3) is 0 Å². The Morgan fingerprint density at radius 3 is 2.86 bits per heavy atom. The Balaban J connectivity index is 1.54. The summed E-state index contributed by atoms with van der Waals surface area (Å²) in [7, 11) is 1.75. The fourth-order valence-corrected chi connectivity index (χ4v) is 3.74. The molecule has 3 nitrogen and oxygen atoms in total. The zero-order chi connectivity index (χ0) is 14.9. The maximum atomic E-state index is 5.85. The van der Waals surface area contributed by atoms with Gasteiger partial charge in [0.2, 0.25) is 0 Å². The second-order valence-corrected chi connectivity index (χ2v) is 6.17. The van der Waals surface area contributed by atoms with E-state index in [4.69, 9.17) is 9.47 Å². The van der Waals surface area contributed by atoms with Gasteiger partial charge in [-0.1, -0.05) is 30.3 Å². The first-order valence-corrected chi connectivity index (χ1v) is 7.95. The van der Waals surface area contributed by atoms with Crippen LogP contribution in [0.4, 0.5) is 0 Å². The third-order valence-corrected chi connectivity index (χ3v) is 4.80. The van der Waals surface area contributed by atoms with Crippen molar-refractivity contribution in [3.05, 3.63) is 59.2 Å². The lowest BCUT2D eigenvalue weighted by molar-refractivity contribution is 0.305. The maximum Gasteiger partial charge on any atom is 0.123 e. The lowest BCUT2D eigenvalue weighted by atomic mass is 9.80. The highest BCUT2D eigenvalue weighted by molar-refractivity contribution is 5.54. The van der Waals surface area contributed by atoms with E-state index in [0.29, 0.717) is 12.0 Å². The highest BCUT2D eigenvalue weighted by Gasteiger charge is 2.35. The molecule has 0 fully saturated rings. The van der Waals surface area contributed by atoms with E-state index >= 15 is 0 Å². The molecule has 2 aromatic carbocycles. The molecule has 3 heteroatoms. The predicted molar refractivity (Wildman–Crippen MR) is 86.6 cm³/mol. The molecule has 0 amide bonds. The summed E-state index contributed by atoms with van der Waals surface area (Å²) >= 11 is 0. The summed E-state index contributed by atoms with van der Waals surface area (Å²) in [6, 6.07) is 15.1. The molecule has 4 rings (SSSR count). The summed E-state index contributed by atoms with van der Waals surface area (Å²) in [5.74, 6) is 2.56. The van der Waals surface area contributed by atoms with E-state index in [1.54, 1.807) is 7.11 Å². The molecule has 2 aliphatic rings. The second kappa shape index (κ2) is 5.65. The molecule has 0 aromatic heterocycles. The van der Waals surface area contributed by atoms with Gasteiger partial charge in [-0.05, 0) is 30.5 Å². The molecule has 0 spiro atoms. The molecular weight excluding hydrogens is 274 g/mol. The number of hydrogen-bond donors (Lipinski definition) is 1. The fraction of sp³-hybridized carbons (Fsp3) is 0.368. The van der Waals surface area contributed by atoms with Gasteiger partial charge < -0.3 is 14.8 Å². The van der Waals surface area contributed by atoms with Gasteiger partial charge in [-0.3, -0.25) is 0 Å². The molecule has 0 unspecified atom stereocenters. The van der Waals surface area contributed by atoms with Gasteiger partial charge in [-0.25, -0.2) is 0 Å². The van der Waals surface area contributed by atoms with Crippen molar-refractivity contribution in [1.82, 2.24) is 5.32 Å². The van der Waals surface area contributed by atoms with Crippen molar-refractivity contribution in [2.75, 3.05) is 13.7 Å². The first-order chi connectivity index (χ1) is 10.8. The van der Waals surface area contributed by atoms with Crippen molar-refractivity contribution in [3.8, 4) is 11.5 Å². The summed E-state index contributed by atoms with van der Waals surface area (Å²) in [5, 5.41) is 3.71. The van der Waals surface area contributed by atoms with E-state index in [-0.39, 0.29) is 0 Å². The average Bonchev–Trinajstić information content (AvgIpc) is 2.99. The van der Waals surface area contributed by atoms with Crippen LogP contribution in [0.3, 0.4) is 0 Å². The third-order valence-electron chi connectivity index (χ3n) is 4.80. The van der Waals surface area contributed by atoms with Crippen molar-refractivity contribution >= 4 is 0 Å². The zero-order valence-corrected chi connectivity index (χ0v) is 12.8. The summed E-state index contributed by atoms with van der Waals surface area (Å²) in [6.45, 7) is 1.72. The Labute approximate surface area is 131 Å². The first-order valence-electron chi connectivity index (χ1n) is 7.95. The van der Waals surface area contributed by atoms with Crippen LogP contribution in [0.1, 0.15) is 29.0 Å². The van der Waals surface area contributed by atoms with Crippen LogP contribution in [-0.4, -0.2) is 19.8 Å². The quantitative estimate of drug-likeness (QED) is 0.939. The summed E-state index contributed by atoms with van der Waals surface area (Å²) in [4.78, 5) is 0. The smallest absolute Gasteiger partial charge is 0.123 e. The van der Waals surface area contributed by atoms with Crippen LogP contribution in [0.15, 0.2) is 42.5 Å². The van der Waals surface area contributed by atoms with Gasteiger partial charge >= 0.3 is 0 Å². The lowest BCUT2D eigenvalue weighted by Crippen LogP contribution is -2.35. The summed E-state index contributed by atoms with van der Waals surface area (Å²) < 4.78 is 11.4. The van der Waals surface area contributed by atoms with E-state index in [2.05, 4.69) is 41.7 Å². The number of rotatable bonds is 4. The first kappa shape index (κ1) is 13.6. The molecule has 0 radical (unpaired) electrons. The average molecular weight is 295 g/mol. The van der Waals surface area contributed by atoms with E-state index in [9.17, 15) is 0 Å². The molecule has 1 aliphatic carbocycles. The predicted octanol–water partition coefficient (Wildman–Crippen LogP) is 3.28. The van der Waals surface area contributed by atoms with E-state index < -0.39 is 0 Å². The van der Waals surface area contributed by atoms with Gasteiger partial charge in [0, 0.05) is 29.6 Å². The Morgan fingerprint density at radius 2 is 2.05 bits per heavy atom. The molecule has 0 bridgehead atoms. The van der Waals surface area contributed by atoms with Gasteiger partial charge in [0.1, 0.15) is 11.5 Å². The summed E-state index contributed by atoms with van der Waals surface area (Å²) in [6.07, 6.45) is 2.15. The number of methoxy groups -OCH3 is 1. The Morgan fingerprint density at radius 1 is 1.18 bits per heavy atom. The highest BCUT2D eigenvalue weighted by atomic mass is 16.5. The van der Waals surface area contributed by atoms with Crippen molar-refractivity contribution in [2.45, 2.75) is 31.3 Å². The fourth-order valence-electron chi connectivity index (χ4n) is 3.74. The third kappa shape index (κ3) is 2.35. The normalized spacial score (nSPS) is 22.0. The van der Waals surface area contributed by atoms with E-state index in [1.165, 1.54) is 16.7 Å².